The Hall–Kier alpha value is -0.610. The lowest BCUT2D eigenvalue weighted by Gasteiger charge is -2.32. The Balaban J connectivity index is 2.63. The molecule has 2 unspecified atom stereocenters. The zero-order chi connectivity index (χ0) is 12.8. The highest BCUT2D eigenvalue weighted by atomic mass is 16.5. The summed E-state index contributed by atoms with van der Waals surface area (Å²) in [6.07, 6.45) is 3.21. The van der Waals surface area contributed by atoms with Crippen molar-refractivity contribution in [2.24, 2.45) is 0 Å². The molecule has 100 valence electrons. The van der Waals surface area contributed by atoms with Crippen molar-refractivity contribution in [3.63, 3.8) is 0 Å². The van der Waals surface area contributed by atoms with E-state index in [0.717, 1.165) is 19.5 Å². The topological polar surface area (TPSA) is 32.8 Å². The predicted molar refractivity (Wildman–Crippen MR) is 69.0 cm³/mol. The molecule has 1 aliphatic heterocycles. The maximum atomic E-state index is 11.9. The highest BCUT2D eigenvalue weighted by molar-refractivity contribution is 5.75. The minimum atomic E-state index is -0.0549. The monoisotopic (exact) mass is 242 g/mol. The summed E-state index contributed by atoms with van der Waals surface area (Å²) in [5.74, 6) is -0.0549. The first kappa shape index (κ1) is 14.5. The summed E-state index contributed by atoms with van der Waals surface area (Å²) in [6, 6.07) is 0.446. The number of likely N-dealkylation sites (tertiary alicyclic amines) is 1. The van der Waals surface area contributed by atoms with Gasteiger partial charge in [0.25, 0.3) is 0 Å². The van der Waals surface area contributed by atoms with Gasteiger partial charge in [-0.25, -0.2) is 0 Å². The summed E-state index contributed by atoms with van der Waals surface area (Å²) in [5.41, 5.74) is 0. The van der Waals surface area contributed by atoms with Crippen LogP contribution in [0.5, 0.6) is 0 Å². The van der Waals surface area contributed by atoms with E-state index in [-0.39, 0.29) is 12.0 Å². The van der Waals surface area contributed by atoms with Crippen molar-refractivity contribution in [1.82, 2.24) is 9.80 Å². The minimum absolute atomic E-state index is 0.0533. The van der Waals surface area contributed by atoms with E-state index in [4.69, 9.17) is 4.74 Å². The van der Waals surface area contributed by atoms with Gasteiger partial charge in [-0.05, 0) is 46.8 Å². The van der Waals surface area contributed by atoms with E-state index in [9.17, 15) is 4.79 Å². The molecule has 0 aromatic carbocycles. The van der Waals surface area contributed by atoms with E-state index in [1.165, 1.54) is 12.8 Å². The van der Waals surface area contributed by atoms with Crippen LogP contribution < -0.4 is 0 Å². The Bertz CT molecular complexity index is 244. The van der Waals surface area contributed by atoms with E-state index in [0.29, 0.717) is 12.6 Å². The standard InChI is InChI=1S/C13H26N2O2/c1-5-12(13(16)17-6-2)15-9-7-8-11(15)10-14(3)4/h11-12H,5-10H2,1-4H3. The Labute approximate surface area is 105 Å². The molecule has 1 saturated heterocycles. The van der Waals surface area contributed by atoms with Crippen LogP contribution in [0, 0.1) is 0 Å². The molecule has 0 amide bonds. The fraction of sp³-hybridized carbons (Fsp3) is 0.923. The van der Waals surface area contributed by atoms with Crippen molar-refractivity contribution in [3.05, 3.63) is 0 Å². The smallest absolute Gasteiger partial charge is 0.323 e. The molecule has 0 aromatic heterocycles. The number of esters is 1. The molecule has 0 aliphatic carbocycles. The SMILES string of the molecule is CCOC(=O)C(CC)N1CCCC1CN(C)C. The Morgan fingerprint density at radius 2 is 2.18 bits per heavy atom. The summed E-state index contributed by atoms with van der Waals surface area (Å²) in [4.78, 5) is 16.4. The highest BCUT2D eigenvalue weighted by Crippen LogP contribution is 2.22. The molecule has 0 bridgehead atoms. The zero-order valence-electron chi connectivity index (χ0n) is 11.6. The molecule has 4 nitrogen and oxygen atoms in total. The van der Waals surface area contributed by atoms with Gasteiger partial charge in [0, 0.05) is 12.6 Å². The second kappa shape index (κ2) is 6.97. The van der Waals surface area contributed by atoms with Crippen LogP contribution in [0.15, 0.2) is 0 Å². The maximum Gasteiger partial charge on any atom is 0.323 e. The number of ether oxygens (including phenoxy) is 1. The Morgan fingerprint density at radius 3 is 2.71 bits per heavy atom. The fourth-order valence-corrected chi connectivity index (χ4v) is 2.66. The van der Waals surface area contributed by atoms with E-state index >= 15 is 0 Å². The lowest BCUT2D eigenvalue weighted by atomic mass is 10.1. The molecular formula is C13H26N2O2. The van der Waals surface area contributed by atoms with Crippen LogP contribution in [0.25, 0.3) is 0 Å². The Kier molecular flexibility index (Phi) is 5.92. The number of carbonyl (C=O) groups excluding carboxylic acids is 1. The normalized spacial score (nSPS) is 23.0. The van der Waals surface area contributed by atoms with Crippen molar-refractivity contribution in [3.8, 4) is 0 Å². The molecule has 1 aliphatic rings. The third-order valence-electron chi connectivity index (χ3n) is 3.34. The van der Waals surface area contributed by atoms with Crippen LogP contribution >= 0.6 is 0 Å². The lowest BCUT2D eigenvalue weighted by Crippen LogP contribution is -2.47. The maximum absolute atomic E-state index is 11.9. The number of rotatable bonds is 6. The molecule has 1 fully saturated rings. The summed E-state index contributed by atoms with van der Waals surface area (Å²) in [5, 5.41) is 0. The molecule has 0 saturated carbocycles. The van der Waals surface area contributed by atoms with Crippen LogP contribution in [-0.2, 0) is 9.53 Å². The summed E-state index contributed by atoms with van der Waals surface area (Å²) < 4.78 is 5.17. The third kappa shape index (κ3) is 3.96. The van der Waals surface area contributed by atoms with E-state index in [1.807, 2.05) is 6.92 Å². The van der Waals surface area contributed by atoms with Crippen LogP contribution in [-0.4, -0.2) is 61.6 Å². The van der Waals surface area contributed by atoms with Gasteiger partial charge >= 0.3 is 5.97 Å². The van der Waals surface area contributed by atoms with Crippen molar-refractivity contribution in [2.45, 2.75) is 45.2 Å². The van der Waals surface area contributed by atoms with Crippen molar-refractivity contribution in [1.29, 1.82) is 0 Å². The number of likely N-dealkylation sites (N-methyl/N-ethyl adjacent to an activating group) is 1. The fourth-order valence-electron chi connectivity index (χ4n) is 2.66. The molecule has 17 heavy (non-hydrogen) atoms. The van der Waals surface area contributed by atoms with E-state index < -0.39 is 0 Å². The quantitative estimate of drug-likeness (QED) is 0.658. The lowest BCUT2D eigenvalue weighted by molar-refractivity contribution is -0.150. The zero-order valence-corrected chi connectivity index (χ0v) is 11.6. The number of hydrogen-bond acceptors (Lipinski definition) is 4. The van der Waals surface area contributed by atoms with Gasteiger partial charge in [-0.2, -0.15) is 0 Å². The van der Waals surface area contributed by atoms with Crippen molar-refractivity contribution in [2.75, 3.05) is 33.8 Å². The minimum Gasteiger partial charge on any atom is -0.465 e. The van der Waals surface area contributed by atoms with Gasteiger partial charge in [-0.1, -0.05) is 6.92 Å². The largest absolute Gasteiger partial charge is 0.465 e. The van der Waals surface area contributed by atoms with Gasteiger partial charge in [0.05, 0.1) is 6.61 Å². The van der Waals surface area contributed by atoms with Crippen molar-refractivity contribution < 1.29 is 9.53 Å². The molecule has 0 spiro atoms. The number of nitrogens with zero attached hydrogens (tertiary/aromatic N) is 2. The second-order valence-corrected chi connectivity index (χ2v) is 4.97. The molecule has 0 aromatic rings. The average Bonchev–Trinajstić information content (AvgIpc) is 2.67. The molecule has 1 heterocycles. The molecular weight excluding hydrogens is 216 g/mol. The first-order valence-electron chi connectivity index (χ1n) is 6.67. The van der Waals surface area contributed by atoms with Crippen LogP contribution in [0.1, 0.15) is 33.1 Å². The average molecular weight is 242 g/mol. The van der Waals surface area contributed by atoms with Gasteiger partial charge < -0.3 is 9.64 Å². The summed E-state index contributed by atoms with van der Waals surface area (Å²) in [7, 11) is 4.17. The van der Waals surface area contributed by atoms with Gasteiger partial charge in [-0.3, -0.25) is 9.69 Å². The van der Waals surface area contributed by atoms with Gasteiger partial charge in [0.2, 0.25) is 0 Å². The third-order valence-corrected chi connectivity index (χ3v) is 3.34. The van der Waals surface area contributed by atoms with Crippen LogP contribution in [0.2, 0.25) is 0 Å². The molecule has 1 rings (SSSR count). The first-order chi connectivity index (χ1) is 8.10. The van der Waals surface area contributed by atoms with Gasteiger partial charge in [0.15, 0.2) is 0 Å². The highest BCUT2D eigenvalue weighted by Gasteiger charge is 2.34. The van der Waals surface area contributed by atoms with E-state index in [1.54, 1.807) is 0 Å². The number of hydrogen-bond donors (Lipinski definition) is 0. The molecule has 2 atom stereocenters. The number of carbonyl (C=O) groups is 1. The van der Waals surface area contributed by atoms with Crippen LogP contribution in [0.3, 0.4) is 0 Å². The summed E-state index contributed by atoms with van der Waals surface area (Å²) >= 11 is 0. The molecule has 0 radical (unpaired) electrons. The summed E-state index contributed by atoms with van der Waals surface area (Å²) in [6.45, 7) is 6.45. The van der Waals surface area contributed by atoms with Gasteiger partial charge in [0.1, 0.15) is 6.04 Å². The molecule has 0 N–H and O–H groups in total. The predicted octanol–water partition coefficient (Wildman–Crippen LogP) is 1.35. The Morgan fingerprint density at radius 1 is 1.47 bits per heavy atom. The second-order valence-electron chi connectivity index (χ2n) is 4.97. The van der Waals surface area contributed by atoms with Crippen LogP contribution in [0.4, 0.5) is 0 Å². The molecule has 4 heteroatoms. The first-order valence-corrected chi connectivity index (χ1v) is 6.67. The van der Waals surface area contributed by atoms with E-state index in [2.05, 4.69) is 30.8 Å². The van der Waals surface area contributed by atoms with Crippen molar-refractivity contribution >= 4 is 5.97 Å². The van der Waals surface area contributed by atoms with Gasteiger partial charge in [-0.15, -0.1) is 0 Å².